The summed E-state index contributed by atoms with van der Waals surface area (Å²) < 4.78 is 1.18. The third-order valence-corrected chi connectivity index (χ3v) is 3.52. The van der Waals surface area contributed by atoms with Crippen LogP contribution >= 0.6 is 15.9 Å². The lowest BCUT2D eigenvalue weighted by Crippen LogP contribution is -1.98. The van der Waals surface area contributed by atoms with Crippen LogP contribution in [0.1, 0.15) is 43.2 Å². The molecule has 0 heterocycles. The number of terminal acetylenes is 1. The summed E-state index contributed by atoms with van der Waals surface area (Å²) in [6.45, 7) is 4.30. The second kappa shape index (κ2) is 5.98. The van der Waals surface area contributed by atoms with E-state index in [1.54, 1.807) is 0 Å². The molecule has 1 rings (SSSR count). The Bertz CT molecular complexity index is 360. The van der Waals surface area contributed by atoms with Crippen molar-refractivity contribution >= 4 is 15.9 Å². The Balaban J connectivity index is 2.91. The molecule has 1 atom stereocenters. The third-order valence-electron chi connectivity index (χ3n) is 2.67. The molecule has 0 aromatic heterocycles. The predicted octanol–water partition coefficient (Wildman–Crippen LogP) is 4.66. The van der Waals surface area contributed by atoms with Crippen LogP contribution in [0.5, 0.6) is 0 Å². The van der Waals surface area contributed by atoms with Crippen molar-refractivity contribution in [2.24, 2.45) is 0 Å². The zero-order valence-corrected chi connectivity index (χ0v) is 11.0. The van der Waals surface area contributed by atoms with Crippen molar-refractivity contribution in [3.63, 3.8) is 0 Å². The Morgan fingerprint density at radius 3 is 2.73 bits per heavy atom. The van der Waals surface area contributed by atoms with Gasteiger partial charge in [-0.05, 0) is 36.5 Å². The van der Waals surface area contributed by atoms with Crippen molar-refractivity contribution in [2.45, 2.75) is 39.0 Å². The van der Waals surface area contributed by atoms with Crippen molar-refractivity contribution in [3.05, 3.63) is 33.8 Å². The molecule has 1 unspecified atom stereocenters. The maximum atomic E-state index is 5.40. The van der Waals surface area contributed by atoms with E-state index in [0.717, 1.165) is 6.42 Å². The van der Waals surface area contributed by atoms with E-state index in [9.17, 15) is 0 Å². The number of hydrogen-bond acceptors (Lipinski definition) is 0. The second-order valence-electron chi connectivity index (χ2n) is 3.90. The molecule has 0 aliphatic carbocycles. The molecule has 80 valence electrons. The normalized spacial score (nSPS) is 12.1. The summed E-state index contributed by atoms with van der Waals surface area (Å²) in [7, 11) is 0. The molecule has 0 spiro atoms. The Hall–Kier alpha value is -0.740. The van der Waals surface area contributed by atoms with Gasteiger partial charge in [-0.3, -0.25) is 0 Å². The maximum Gasteiger partial charge on any atom is 0.0207 e. The van der Waals surface area contributed by atoms with Crippen LogP contribution in [-0.4, -0.2) is 0 Å². The summed E-state index contributed by atoms with van der Waals surface area (Å²) in [5.41, 5.74) is 2.63. The standard InChI is InChI=1S/C14H17Br/c1-4-6-12(7-5-2)13-9-8-11(3)14(15)10-13/h1,8-10,12H,5-7H2,2-3H3. The molecule has 0 aliphatic heterocycles. The van der Waals surface area contributed by atoms with Gasteiger partial charge in [0.2, 0.25) is 0 Å². The summed E-state index contributed by atoms with van der Waals surface area (Å²) in [5, 5.41) is 0. The van der Waals surface area contributed by atoms with Crippen LogP contribution in [0.2, 0.25) is 0 Å². The summed E-state index contributed by atoms with van der Waals surface area (Å²) in [5.74, 6) is 3.28. The maximum absolute atomic E-state index is 5.40. The molecule has 0 N–H and O–H groups in total. The van der Waals surface area contributed by atoms with Crippen LogP contribution in [0.4, 0.5) is 0 Å². The van der Waals surface area contributed by atoms with Crippen LogP contribution < -0.4 is 0 Å². The van der Waals surface area contributed by atoms with E-state index in [4.69, 9.17) is 6.42 Å². The van der Waals surface area contributed by atoms with E-state index < -0.39 is 0 Å². The van der Waals surface area contributed by atoms with Gasteiger partial charge in [-0.25, -0.2) is 0 Å². The number of rotatable bonds is 4. The lowest BCUT2D eigenvalue weighted by molar-refractivity contribution is 0.628. The van der Waals surface area contributed by atoms with Gasteiger partial charge in [0, 0.05) is 10.9 Å². The van der Waals surface area contributed by atoms with Gasteiger partial charge in [0.1, 0.15) is 0 Å². The summed E-state index contributed by atoms with van der Waals surface area (Å²) in [4.78, 5) is 0. The van der Waals surface area contributed by atoms with Crippen LogP contribution in [0.15, 0.2) is 22.7 Å². The van der Waals surface area contributed by atoms with Crippen LogP contribution in [0.3, 0.4) is 0 Å². The van der Waals surface area contributed by atoms with Crippen LogP contribution in [0.25, 0.3) is 0 Å². The molecule has 0 radical (unpaired) electrons. The fourth-order valence-electron chi connectivity index (χ4n) is 1.74. The summed E-state index contributed by atoms with van der Waals surface area (Å²) >= 11 is 3.56. The highest BCUT2D eigenvalue weighted by Crippen LogP contribution is 2.28. The quantitative estimate of drug-likeness (QED) is 0.694. The average molecular weight is 265 g/mol. The van der Waals surface area contributed by atoms with E-state index in [1.165, 1.54) is 28.4 Å². The molecule has 0 bridgehead atoms. The van der Waals surface area contributed by atoms with Gasteiger partial charge in [-0.1, -0.05) is 41.4 Å². The lowest BCUT2D eigenvalue weighted by Gasteiger charge is -2.14. The van der Waals surface area contributed by atoms with Gasteiger partial charge >= 0.3 is 0 Å². The van der Waals surface area contributed by atoms with Crippen molar-refractivity contribution in [3.8, 4) is 12.3 Å². The Labute approximate surface area is 101 Å². The number of aryl methyl sites for hydroxylation is 1. The van der Waals surface area contributed by atoms with Crippen molar-refractivity contribution in [2.75, 3.05) is 0 Å². The molecule has 1 aromatic carbocycles. The Morgan fingerprint density at radius 1 is 1.47 bits per heavy atom. The number of benzene rings is 1. The minimum absolute atomic E-state index is 0.511. The van der Waals surface area contributed by atoms with E-state index in [-0.39, 0.29) is 0 Å². The van der Waals surface area contributed by atoms with Crippen molar-refractivity contribution in [1.29, 1.82) is 0 Å². The largest absolute Gasteiger partial charge is 0.120 e. The Kier molecular flexibility index (Phi) is 4.91. The first kappa shape index (κ1) is 12.3. The fraction of sp³-hybridized carbons (Fsp3) is 0.429. The molecule has 0 saturated heterocycles. The van der Waals surface area contributed by atoms with Crippen molar-refractivity contribution < 1.29 is 0 Å². The fourth-order valence-corrected chi connectivity index (χ4v) is 2.14. The monoisotopic (exact) mass is 264 g/mol. The highest BCUT2D eigenvalue weighted by atomic mass is 79.9. The Morgan fingerprint density at radius 2 is 2.20 bits per heavy atom. The molecule has 1 heteroatoms. The minimum atomic E-state index is 0.511. The zero-order chi connectivity index (χ0) is 11.3. The van der Waals surface area contributed by atoms with E-state index in [2.05, 4.69) is 53.9 Å². The molecular formula is C14H17Br. The first-order valence-corrected chi connectivity index (χ1v) is 6.17. The first-order valence-electron chi connectivity index (χ1n) is 5.38. The summed E-state index contributed by atoms with van der Waals surface area (Å²) in [6, 6.07) is 6.54. The number of halogens is 1. The molecule has 0 saturated carbocycles. The zero-order valence-electron chi connectivity index (χ0n) is 9.39. The van der Waals surface area contributed by atoms with Crippen molar-refractivity contribution in [1.82, 2.24) is 0 Å². The highest BCUT2D eigenvalue weighted by Gasteiger charge is 2.10. The molecule has 15 heavy (non-hydrogen) atoms. The SMILES string of the molecule is C#CCC(CCC)c1ccc(C)c(Br)c1. The third kappa shape index (κ3) is 3.39. The molecular weight excluding hydrogens is 248 g/mol. The summed E-state index contributed by atoms with van der Waals surface area (Å²) in [6.07, 6.45) is 8.58. The smallest absolute Gasteiger partial charge is 0.0207 e. The van der Waals surface area contributed by atoms with Crippen LogP contribution in [-0.2, 0) is 0 Å². The topological polar surface area (TPSA) is 0 Å². The van der Waals surface area contributed by atoms with E-state index in [1.807, 2.05) is 0 Å². The predicted molar refractivity (Wildman–Crippen MR) is 70.0 cm³/mol. The number of hydrogen-bond donors (Lipinski definition) is 0. The molecule has 1 aromatic rings. The van der Waals surface area contributed by atoms with Gasteiger partial charge in [0.15, 0.2) is 0 Å². The van der Waals surface area contributed by atoms with E-state index >= 15 is 0 Å². The van der Waals surface area contributed by atoms with E-state index in [0.29, 0.717) is 5.92 Å². The highest BCUT2D eigenvalue weighted by molar-refractivity contribution is 9.10. The molecule has 0 aliphatic rings. The van der Waals surface area contributed by atoms with Gasteiger partial charge in [0.05, 0.1) is 0 Å². The second-order valence-corrected chi connectivity index (χ2v) is 4.76. The van der Waals surface area contributed by atoms with Gasteiger partial charge in [0.25, 0.3) is 0 Å². The van der Waals surface area contributed by atoms with Crippen LogP contribution in [0, 0.1) is 19.3 Å². The molecule has 0 amide bonds. The van der Waals surface area contributed by atoms with Gasteiger partial charge in [-0.2, -0.15) is 0 Å². The minimum Gasteiger partial charge on any atom is -0.120 e. The molecule has 0 fully saturated rings. The average Bonchev–Trinajstić information content (AvgIpc) is 2.22. The van der Waals surface area contributed by atoms with Gasteiger partial charge in [-0.15, -0.1) is 12.3 Å². The molecule has 0 nitrogen and oxygen atoms in total. The van der Waals surface area contributed by atoms with Gasteiger partial charge < -0.3 is 0 Å². The lowest BCUT2D eigenvalue weighted by atomic mass is 9.91. The first-order chi connectivity index (χ1) is 7.19.